The Morgan fingerprint density at radius 1 is 1.03 bits per heavy atom. The van der Waals surface area contributed by atoms with E-state index >= 15 is 0 Å². The van der Waals surface area contributed by atoms with E-state index in [1.54, 1.807) is 60.7 Å². The van der Waals surface area contributed by atoms with Gasteiger partial charge in [0, 0.05) is 10.9 Å². The molecule has 1 aliphatic carbocycles. The Kier molecular flexibility index (Phi) is 7.83. The van der Waals surface area contributed by atoms with Gasteiger partial charge in [0.15, 0.2) is 0 Å². The highest BCUT2D eigenvalue weighted by Crippen LogP contribution is 2.57. The van der Waals surface area contributed by atoms with Crippen molar-refractivity contribution in [1.82, 2.24) is 4.31 Å². The average molecular weight is 558 g/mol. The van der Waals surface area contributed by atoms with Crippen molar-refractivity contribution in [2.45, 2.75) is 36.6 Å². The molecule has 0 saturated heterocycles. The Morgan fingerprint density at radius 3 is 2.18 bits per heavy atom. The predicted octanol–water partition coefficient (Wildman–Crippen LogP) is 5.13. The Bertz CT molecular complexity index is 1440. The Hall–Kier alpha value is -3.40. The van der Waals surface area contributed by atoms with Gasteiger partial charge in [0.2, 0.25) is 10.0 Å². The first-order valence-corrected chi connectivity index (χ1v) is 13.8. The molecule has 8 nitrogen and oxygen atoms in total. The van der Waals surface area contributed by atoms with Gasteiger partial charge in [-0.05, 0) is 65.4 Å². The van der Waals surface area contributed by atoms with Gasteiger partial charge < -0.3 is 14.9 Å². The first-order chi connectivity index (χ1) is 17.9. The molecule has 10 heteroatoms. The van der Waals surface area contributed by atoms with Crippen LogP contribution in [0.3, 0.4) is 0 Å². The van der Waals surface area contributed by atoms with Crippen molar-refractivity contribution in [2.24, 2.45) is 5.92 Å². The van der Waals surface area contributed by atoms with Crippen LogP contribution in [-0.2, 0) is 19.6 Å². The second-order valence-corrected chi connectivity index (χ2v) is 12.0. The van der Waals surface area contributed by atoms with Crippen LogP contribution < -0.4 is 4.74 Å². The number of carboxylic acid groups (broad SMARTS) is 2. The van der Waals surface area contributed by atoms with Gasteiger partial charge in [-0.2, -0.15) is 4.31 Å². The summed E-state index contributed by atoms with van der Waals surface area (Å²) in [5.41, 5.74) is 0.158. The number of rotatable bonds is 11. The molecule has 2 unspecified atom stereocenters. The molecule has 0 spiro atoms. The minimum Gasteiger partial charge on any atom is -0.493 e. The van der Waals surface area contributed by atoms with Crippen LogP contribution in [0.15, 0.2) is 77.7 Å². The van der Waals surface area contributed by atoms with Crippen LogP contribution in [0.1, 0.15) is 31.7 Å². The maximum absolute atomic E-state index is 13.7. The Labute approximate surface area is 226 Å². The summed E-state index contributed by atoms with van der Waals surface area (Å²) in [7, 11) is -4.50. The molecule has 0 radical (unpaired) electrons. The maximum atomic E-state index is 13.7. The van der Waals surface area contributed by atoms with E-state index in [2.05, 4.69) is 0 Å². The zero-order valence-corrected chi connectivity index (χ0v) is 22.4. The van der Waals surface area contributed by atoms with Crippen LogP contribution in [-0.4, -0.2) is 53.6 Å². The molecule has 4 rings (SSSR count). The zero-order chi connectivity index (χ0) is 27.7. The molecule has 1 fully saturated rings. The van der Waals surface area contributed by atoms with Gasteiger partial charge in [0.05, 0.1) is 11.5 Å². The van der Waals surface area contributed by atoms with Crippen LogP contribution in [0.4, 0.5) is 0 Å². The number of carbonyl (C=O) groups is 2. The molecule has 1 saturated carbocycles. The summed E-state index contributed by atoms with van der Waals surface area (Å²) in [6.07, 6.45) is -0.0642. The van der Waals surface area contributed by atoms with Crippen molar-refractivity contribution in [3.8, 4) is 16.9 Å². The second-order valence-electron chi connectivity index (χ2n) is 9.70. The third-order valence-corrected chi connectivity index (χ3v) is 8.64. The van der Waals surface area contributed by atoms with E-state index in [0.717, 1.165) is 11.1 Å². The number of hydrogen-bond acceptors (Lipinski definition) is 5. The molecular formula is C28H28ClNO7S. The molecular weight excluding hydrogens is 530 g/mol. The molecule has 0 aromatic heterocycles. The predicted molar refractivity (Wildman–Crippen MR) is 143 cm³/mol. The van der Waals surface area contributed by atoms with Gasteiger partial charge in [-0.25, -0.2) is 8.42 Å². The van der Waals surface area contributed by atoms with Crippen LogP contribution in [0, 0.1) is 5.92 Å². The molecule has 0 aliphatic heterocycles. The fraction of sp³-hybridized carbons (Fsp3) is 0.286. The lowest BCUT2D eigenvalue weighted by atomic mass is 10.1. The fourth-order valence-electron chi connectivity index (χ4n) is 4.50. The van der Waals surface area contributed by atoms with Crippen LogP contribution >= 0.6 is 11.6 Å². The third kappa shape index (κ3) is 5.55. The molecule has 1 aliphatic rings. The molecule has 0 amide bonds. The SMILES string of the molecule is CC(C)COc1cccc(C2CC2(C(=O)O)N(CC(=O)O)S(=O)(=O)c2ccc(-c3ccc(Cl)cc3)cc2)c1. The number of benzene rings is 3. The van der Waals surface area contributed by atoms with Crippen LogP contribution in [0.2, 0.25) is 5.02 Å². The molecule has 2 N–H and O–H groups in total. The standard InChI is InChI=1S/C28H28ClNO7S/c1-18(2)17-37-23-5-3-4-21(14-23)25-15-28(25,27(33)34)30(16-26(31)32)38(35,36)24-12-8-20(9-13-24)19-6-10-22(29)11-7-19/h3-14,18,25H,15-17H2,1-2H3,(H,31,32)(H,33,34). The van der Waals surface area contributed by atoms with E-state index in [9.17, 15) is 28.2 Å². The van der Waals surface area contributed by atoms with E-state index in [4.69, 9.17) is 16.3 Å². The van der Waals surface area contributed by atoms with Crippen molar-refractivity contribution in [3.05, 3.63) is 83.4 Å². The Balaban J connectivity index is 1.69. The lowest BCUT2D eigenvalue weighted by molar-refractivity contribution is -0.145. The highest BCUT2D eigenvalue weighted by atomic mass is 35.5. The minimum atomic E-state index is -4.50. The molecule has 200 valence electrons. The van der Waals surface area contributed by atoms with E-state index in [-0.39, 0.29) is 17.2 Å². The van der Waals surface area contributed by atoms with Crippen molar-refractivity contribution in [3.63, 3.8) is 0 Å². The first-order valence-electron chi connectivity index (χ1n) is 12.0. The van der Waals surface area contributed by atoms with Crippen molar-refractivity contribution in [2.75, 3.05) is 13.2 Å². The van der Waals surface area contributed by atoms with Gasteiger partial charge in [-0.1, -0.05) is 61.8 Å². The third-order valence-electron chi connectivity index (χ3n) is 6.49. The lowest BCUT2D eigenvalue weighted by Gasteiger charge is -2.28. The maximum Gasteiger partial charge on any atom is 0.325 e. The van der Waals surface area contributed by atoms with E-state index in [1.165, 1.54) is 12.1 Å². The highest BCUT2D eigenvalue weighted by molar-refractivity contribution is 7.89. The zero-order valence-electron chi connectivity index (χ0n) is 20.9. The Morgan fingerprint density at radius 2 is 1.63 bits per heavy atom. The molecule has 38 heavy (non-hydrogen) atoms. The number of hydrogen-bond donors (Lipinski definition) is 2. The van der Waals surface area contributed by atoms with Gasteiger partial charge in [0.25, 0.3) is 0 Å². The van der Waals surface area contributed by atoms with Crippen molar-refractivity contribution < 1.29 is 33.0 Å². The minimum absolute atomic E-state index is 0.0642. The molecule has 3 aromatic carbocycles. The summed E-state index contributed by atoms with van der Waals surface area (Å²) in [6, 6.07) is 19.7. The summed E-state index contributed by atoms with van der Waals surface area (Å²) in [5, 5.41) is 20.4. The van der Waals surface area contributed by atoms with Gasteiger partial charge in [0.1, 0.15) is 17.8 Å². The smallest absolute Gasteiger partial charge is 0.325 e. The number of nitrogens with zero attached hydrogens (tertiary/aromatic N) is 1. The number of carboxylic acids is 2. The van der Waals surface area contributed by atoms with Crippen LogP contribution in [0.5, 0.6) is 5.75 Å². The number of ether oxygens (including phenoxy) is 1. The first kappa shape index (κ1) is 27.6. The van der Waals surface area contributed by atoms with E-state index < -0.39 is 40.0 Å². The normalized spacial score (nSPS) is 18.9. The lowest BCUT2D eigenvalue weighted by Crippen LogP contribution is -2.50. The highest BCUT2D eigenvalue weighted by Gasteiger charge is 2.68. The monoisotopic (exact) mass is 557 g/mol. The molecule has 3 aromatic rings. The van der Waals surface area contributed by atoms with Crippen LogP contribution in [0.25, 0.3) is 11.1 Å². The summed E-state index contributed by atoms with van der Waals surface area (Å²) < 4.78 is 33.8. The number of aliphatic carboxylic acids is 2. The molecule has 0 heterocycles. The van der Waals surface area contributed by atoms with Gasteiger partial charge in [-0.3, -0.25) is 9.59 Å². The number of halogens is 1. The van der Waals surface area contributed by atoms with Crippen molar-refractivity contribution >= 4 is 33.6 Å². The van der Waals surface area contributed by atoms with E-state index in [0.29, 0.717) is 27.2 Å². The molecule has 2 atom stereocenters. The van der Waals surface area contributed by atoms with E-state index in [1.807, 2.05) is 13.8 Å². The average Bonchev–Trinajstić information content (AvgIpc) is 3.63. The summed E-state index contributed by atoms with van der Waals surface area (Å²) in [6.45, 7) is 3.46. The fourth-order valence-corrected chi connectivity index (χ4v) is 6.35. The van der Waals surface area contributed by atoms with Crippen molar-refractivity contribution in [1.29, 1.82) is 0 Å². The second kappa shape index (κ2) is 10.8. The number of sulfonamides is 1. The summed E-state index contributed by atoms with van der Waals surface area (Å²) in [4.78, 5) is 24.2. The largest absolute Gasteiger partial charge is 0.493 e. The quantitative estimate of drug-likeness (QED) is 0.335. The van der Waals surface area contributed by atoms with Gasteiger partial charge in [-0.15, -0.1) is 0 Å². The summed E-state index contributed by atoms with van der Waals surface area (Å²) >= 11 is 5.94. The topological polar surface area (TPSA) is 121 Å². The van der Waals surface area contributed by atoms with Gasteiger partial charge >= 0.3 is 11.9 Å². The summed E-state index contributed by atoms with van der Waals surface area (Å²) in [5.74, 6) is -2.79. The molecule has 0 bridgehead atoms.